The van der Waals surface area contributed by atoms with Gasteiger partial charge in [0.1, 0.15) is 5.60 Å². The van der Waals surface area contributed by atoms with Gasteiger partial charge in [-0.3, -0.25) is 19.3 Å². The molecule has 3 aliphatic heterocycles. The Kier molecular flexibility index (Phi) is 4.00. The van der Waals surface area contributed by atoms with Gasteiger partial charge in [-0.1, -0.05) is 63.3 Å². The summed E-state index contributed by atoms with van der Waals surface area (Å²) in [5, 5.41) is 2.90. The summed E-state index contributed by atoms with van der Waals surface area (Å²) in [4.78, 5) is 39.7. The SMILES string of the molecule is CC(C)(C)C(=O)NCC12C=CC(O1)C1C(=O)N(Cc3ccccc3)C(=O)C12. The van der Waals surface area contributed by atoms with Crippen LogP contribution in [-0.4, -0.2) is 40.9 Å². The second-order valence-electron chi connectivity index (χ2n) is 8.58. The fourth-order valence-electron chi connectivity index (χ4n) is 4.17. The summed E-state index contributed by atoms with van der Waals surface area (Å²) in [6.45, 7) is 5.95. The molecule has 6 nitrogen and oxygen atoms in total. The van der Waals surface area contributed by atoms with Crippen molar-refractivity contribution in [2.45, 2.75) is 39.0 Å². The number of hydrogen-bond acceptors (Lipinski definition) is 4. The summed E-state index contributed by atoms with van der Waals surface area (Å²) in [6, 6.07) is 9.48. The van der Waals surface area contributed by atoms with Crippen molar-refractivity contribution in [1.29, 1.82) is 0 Å². The summed E-state index contributed by atoms with van der Waals surface area (Å²) in [5.74, 6) is -1.60. The van der Waals surface area contributed by atoms with Gasteiger partial charge in [0.15, 0.2) is 0 Å². The molecule has 4 rings (SSSR count). The average Bonchev–Trinajstić information content (AvgIpc) is 3.26. The lowest BCUT2D eigenvalue weighted by Gasteiger charge is -2.30. The molecule has 0 saturated carbocycles. The molecule has 1 N–H and O–H groups in total. The predicted molar refractivity (Wildman–Crippen MR) is 98.2 cm³/mol. The molecule has 0 radical (unpaired) electrons. The molecule has 2 saturated heterocycles. The minimum Gasteiger partial charge on any atom is -0.360 e. The average molecular weight is 368 g/mol. The van der Waals surface area contributed by atoms with Gasteiger partial charge >= 0.3 is 0 Å². The van der Waals surface area contributed by atoms with E-state index < -0.39 is 29.0 Å². The molecular weight excluding hydrogens is 344 g/mol. The largest absolute Gasteiger partial charge is 0.360 e. The van der Waals surface area contributed by atoms with Crippen molar-refractivity contribution < 1.29 is 19.1 Å². The van der Waals surface area contributed by atoms with Gasteiger partial charge in [0.05, 0.1) is 31.0 Å². The molecule has 2 bridgehead atoms. The van der Waals surface area contributed by atoms with E-state index >= 15 is 0 Å². The van der Waals surface area contributed by atoms with Gasteiger partial charge in [-0.15, -0.1) is 0 Å². The van der Waals surface area contributed by atoms with Crippen LogP contribution in [0.4, 0.5) is 0 Å². The molecule has 6 heteroatoms. The molecule has 0 aliphatic carbocycles. The molecule has 3 heterocycles. The number of nitrogens with one attached hydrogen (secondary N) is 1. The molecule has 2 fully saturated rings. The first-order chi connectivity index (χ1) is 12.7. The highest BCUT2D eigenvalue weighted by Crippen LogP contribution is 2.51. The topological polar surface area (TPSA) is 75.7 Å². The molecular formula is C21H24N2O4. The van der Waals surface area contributed by atoms with E-state index in [9.17, 15) is 14.4 Å². The van der Waals surface area contributed by atoms with Gasteiger partial charge in [-0.25, -0.2) is 0 Å². The Morgan fingerprint density at radius 3 is 2.56 bits per heavy atom. The number of benzene rings is 1. The second-order valence-corrected chi connectivity index (χ2v) is 8.58. The van der Waals surface area contributed by atoms with Crippen LogP contribution in [0.5, 0.6) is 0 Å². The highest BCUT2D eigenvalue weighted by atomic mass is 16.5. The van der Waals surface area contributed by atoms with Crippen LogP contribution in [0.25, 0.3) is 0 Å². The Labute approximate surface area is 158 Å². The Hall–Kier alpha value is -2.47. The smallest absolute Gasteiger partial charge is 0.236 e. The third-order valence-corrected chi connectivity index (χ3v) is 5.64. The number of imide groups is 1. The van der Waals surface area contributed by atoms with E-state index in [4.69, 9.17) is 4.74 Å². The van der Waals surface area contributed by atoms with E-state index in [0.717, 1.165) is 5.56 Å². The second kappa shape index (κ2) is 6.02. The first kappa shape index (κ1) is 17.9. The summed E-state index contributed by atoms with van der Waals surface area (Å²) in [7, 11) is 0. The Bertz CT molecular complexity index is 826. The lowest BCUT2D eigenvalue weighted by molar-refractivity contribution is -0.145. The Morgan fingerprint density at radius 2 is 1.89 bits per heavy atom. The maximum atomic E-state index is 13.1. The number of fused-ring (bicyclic) bond motifs is 5. The van der Waals surface area contributed by atoms with Crippen LogP contribution in [0.2, 0.25) is 0 Å². The number of carbonyl (C=O) groups excluding carboxylic acids is 3. The van der Waals surface area contributed by atoms with Gasteiger partial charge in [0.2, 0.25) is 17.7 Å². The zero-order valence-electron chi connectivity index (χ0n) is 15.8. The first-order valence-corrected chi connectivity index (χ1v) is 9.28. The molecule has 3 amide bonds. The van der Waals surface area contributed by atoms with E-state index in [-0.39, 0.29) is 30.8 Å². The Morgan fingerprint density at radius 1 is 1.19 bits per heavy atom. The summed E-state index contributed by atoms with van der Waals surface area (Å²) < 4.78 is 6.04. The molecule has 1 aromatic rings. The van der Waals surface area contributed by atoms with E-state index in [0.29, 0.717) is 0 Å². The monoisotopic (exact) mass is 368 g/mol. The number of amides is 3. The molecule has 3 aliphatic rings. The van der Waals surface area contributed by atoms with E-state index in [1.807, 2.05) is 63.3 Å². The predicted octanol–water partition coefficient (Wildman–Crippen LogP) is 1.66. The van der Waals surface area contributed by atoms with Gasteiger partial charge in [0.25, 0.3) is 0 Å². The van der Waals surface area contributed by atoms with Gasteiger partial charge < -0.3 is 10.1 Å². The minimum atomic E-state index is -0.936. The number of likely N-dealkylation sites (tertiary alicyclic amines) is 1. The lowest BCUT2D eigenvalue weighted by atomic mass is 9.76. The van der Waals surface area contributed by atoms with Crippen LogP contribution >= 0.6 is 0 Å². The normalized spacial score (nSPS) is 31.5. The van der Waals surface area contributed by atoms with Crippen molar-refractivity contribution in [3.63, 3.8) is 0 Å². The zero-order chi connectivity index (χ0) is 19.4. The molecule has 4 atom stereocenters. The lowest BCUT2D eigenvalue weighted by Crippen LogP contribution is -2.50. The molecule has 0 spiro atoms. The molecule has 142 valence electrons. The van der Waals surface area contributed by atoms with Crippen molar-refractivity contribution >= 4 is 17.7 Å². The quantitative estimate of drug-likeness (QED) is 0.648. The molecule has 4 unspecified atom stereocenters. The zero-order valence-corrected chi connectivity index (χ0v) is 15.8. The number of nitrogens with zero attached hydrogens (tertiary/aromatic N) is 1. The van der Waals surface area contributed by atoms with Crippen molar-refractivity contribution in [2.75, 3.05) is 6.54 Å². The van der Waals surface area contributed by atoms with Crippen LogP contribution in [0, 0.1) is 17.3 Å². The summed E-state index contributed by atoms with van der Waals surface area (Å²) >= 11 is 0. The van der Waals surface area contributed by atoms with Crippen LogP contribution in [0.3, 0.4) is 0 Å². The third kappa shape index (κ3) is 2.79. The van der Waals surface area contributed by atoms with Gasteiger partial charge in [-0.05, 0) is 5.56 Å². The summed E-state index contributed by atoms with van der Waals surface area (Å²) in [5.41, 5.74) is -0.560. The summed E-state index contributed by atoms with van der Waals surface area (Å²) in [6.07, 6.45) is 3.29. The highest BCUT2D eigenvalue weighted by molar-refractivity contribution is 6.07. The van der Waals surface area contributed by atoms with Crippen molar-refractivity contribution in [2.24, 2.45) is 17.3 Å². The van der Waals surface area contributed by atoms with E-state index in [1.165, 1.54) is 4.90 Å². The molecule has 27 heavy (non-hydrogen) atoms. The standard InChI is InChI=1S/C21H24N2O4/c1-20(2,3)19(26)22-12-21-10-9-14(27-21)15-16(21)18(25)23(17(15)24)11-13-7-5-4-6-8-13/h4-10,14-16H,11-12H2,1-3H3,(H,22,26). The van der Waals surface area contributed by atoms with Gasteiger partial charge in [-0.2, -0.15) is 0 Å². The fourth-order valence-corrected chi connectivity index (χ4v) is 4.17. The number of rotatable bonds is 4. The van der Waals surface area contributed by atoms with Crippen molar-refractivity contribution in [3.8, 4) is 0 Å². The highest BCUT2D eigenvalue weighted by Gasteiger charge is 2.67. The molecule has 0 aromatic heterocycles. The van der Waals surface area contributed by atoms with Crippen LogP contribution in [0.1, 0.15) is 26.3 Å². The van der Waals surface area contributed by atoms with Crippen LogP contribution in [0.15, 0.2) is 42.5 Å². The maximum Gasteiger partial charge on any atom is 0.236 e. The first-order valence-electron chi connectivity index (χ1n) is 9.28. The number of ether oxygens (including phenoxy) is 1. The third-order valence-electron chi connectivity index (χ3n) is 5.64. The molecule has 1 aromatic carbocycles. The van der Waals surface area contributed by atoms with Crippen molar-refractivity contribution in [1.82, 2.24) is 10.2 Å². The van der Waals surface area contributed by atoms with Gasteiger partial charge in [0, 0.05) is 5.41 Å². The maximum absolute atomic E-state index is 13.1. The van der Waals surface area contributed by atoms with Crippen molar-refractivity contribution in [3.05, 3.63) is 48.0 Å². The number of hydrogen-bond donors (Lipinski definition) is 1. The fraction of sp³-hybridized carbons (Fsp3) is 0.476. The van der Waals surface area contributed by atoms with E-state index in [2.05, 4.69) is 5.32 Å². The minimum absolute atomic E-state index is 0.112. The van der Waals surface area contributed by atoms with E-state index in [1.54, 1.807) is 0 Å². The van der Waals surface area contributed by atoms with Crippen LogP contribution in [-0.2, 0) is 25.7 Å². The number of carbonyl (C=O) groups is 3. The van der Waals surface area contributed by atoms with Crippen LogP contribution < -0.4 is 5.32 Å². The Balaban J connectivity index is 1.56.